The van der Waals surface area contributed by atoms with Crippen molar-refractivity contribution in [2.45, 2.75) is 18.7 Å². The molecular weight excluding hydrogens is 388 g/mol. The number of ether oxygens (including phenoxy) is 1. The third-order valence-corrected chi connectivity index (χ3v) is 4.66. The number of carbonyl (C=O) groups excluding carboxylic acids is 3. The highest BCUT2D eigenvalue weighted by Crippen LogP contribution is 2.20. The zero-order valence-electron chi connectivity index (χ0n) is 14.9. The number of rotatable bonds is 6. The number of nitrogens with one attached hydrogen (secondary N) is 2. The Morgan fingerprint density at radius 3 is 2.44 bits per heavy atom. The van der Waals surface area contributed by atoms with Gasteiger partial charge >= 0.3 is 12.0 Å². The Kier molecular flexibility index (Phi) is 7.69. The summed E-state index contributed by atoms with van der Waals surface area (Å²) in [5, 5.41) is 5.31. The second-order valence-electron chi connectivity index (χ2n) is 5.72. The van der Waals surface area contributed by atoms with Crippen LogP contribution in [0.4, 0.5) is 10.5 Å². The van der Waals surface area contributed by atoms with Crippen molar-refractivity contribution in [2.75, 3.05) is 17.7 Å². The van der Waals surface area contributed by atoms with Crippen LogP contribution in [0.1, 0.15) is 11.1 Å². The molecule has 3 amide bonds. The van der Waals surface area contributed by atoms with Crippen LogP contribution in [0.3, 0.4) is 0 Å². The van der Waals surface area contributed by atoms with Crippen LogP contribution >= 0.6 is 23.4 Å². The number of urea groups is 1. The van der Waals surface area contributed by atoms with Crippen molar-refractivity contribution in [2.24, 2.45) is 0 Å². The highest BCUT2D eigenvalue weighted by atomic mass is 35.5. The quantitative estimate of drug-likeness (QED) is 0.560. The van der Waals surface area contributed by atoms with E-state index in [0.717, 1.165) is 16.0 Å². The second kappa shape index (κ2) is 9.99. The Balaban J connectivity index is 1.70. The predicted octanol–water partition coefficient (Wildman–Crippen LogP) is 3.94. The molecule has 0 aromatic heterocycles. The molecule has 8 heteroatoms. The van der Waals surface area contributed by atoms with Crippen molar-refractivity contribution in [3.63, 3.8) is 0 Å². The lowest BCUT2D eigenvalue weighted by molar-refractivity contribution is -0.145. The van der Waals surface area contributed by atoms with Gasteiger partial charge in [0.05, 0.1) is 5.75 Å². The number of thioether (sulfide) groups is 1. The normalized spacial score (nSPS) is 10.2. The van der Waals surface area contributed by atoms with Gasteiger partial charge in [0.2, 0.25) is 0 Å². The molecule has 0 aliphatic heterocycles. The van der Waals surface area contributed by atoms with E-state index < -0.39 is 24.5 Å². The molecule has 2 N–H and O–H groups in total. The van der Waals surface area contributed by atoms with Crippen molar-refractivity contribution >= 4 is 47.0 Å². The molecule has 0 aliphatic rings. The SMILES string of the molecule is Cc1ccc(NC(=O)NC(=O)COC(=O)CSc2ccc(Cl)cc2)c(C)c1. The van der Waals surface area contributed by atoms with Gasteiger partial charge in [-0.3, -0.25) is 14.9 Å². The molecule has 27 heavy (non-hydrogen) atoms. The van der Waals surface area contributed by atoms with Crippen molar-refractivity contribution in [3.05, 3.63) is 58.6 Å². The maximum atomic E-state index is 11.8. The zero-order valence-corrected chi connectivity index (χ0v) is 16.4. The molecule has 2 aromatic carbocycles. The third kappa shape index (κ3) is 7.32. The fraction of sp³-hybridized carbons (Fsp3) is 0.211. The minimum absolute atomic E-state index is 0.0453. The highest BCUT2D eigenvalue weighted by Gasteiger charge is 2.12. The zero-order chi connectivity index (χ0) is 19.8. The first-order valence-corrected chi connectivity index (χ1v) is 9.42. The maximum Gasteiger partial charge on any atom is 0.325 e. The molecule has 0 radical (unpaired) electrons. The number of hydrogen-bond donors (Lipinski definition) is 2. The van der Waals surface area contributed by atoms with Gasteiger partial charge in [0.15, 0.2) is 6.61 Å². The topological polar surface area (TPSA) is 84.5 Å². The standard InChI is InChI=1S/C19H19ClN2O4S/c1-12-3-8-16(13(2)9-12)21-19(25)22-17(23)10-26-18(24)11-27-15-6-4-14(20)5-7-15/h3-9H,10-11H2,1-2H3,(H2,21,22,23,25). The van der Waals surface area contributed by atoms with E-state index in [1.54, 1.807) is 30.3 Å². The summed E-state index contributed by atoms with van der Waals surface area (Å²) in [7, 11) is 0. The van der Waals surface area contributed by atoms with Gasteiger partial charge in [0.1, 0.15) is 0 Å². The van der Waals surface area contributed by atoms with E-state index in [-0.39, 0.29) is 5.75 Å². The summed E-state index contributed by atoms with van der Waals surface area (Å²) in [6, 6.07) is 11.8. The van der Waals surface area contributed by atoms with Gasteiger partial charge in [0.25, 0.3) is 5.91 Å². The van der Waals surface area contributed by atoms with E-state index in [1.807, 2.05) is 26.0 Å². The lowest BCUT2D eigenvalue weighted by Crippen LogP contribution is -2.37. The molecule has 0 bridgehead atoms. The number of carbonyl (C=O) groups is 3. The van der Waals surface area contributed by atoms with Crippen LogP contribution in [-0.4, -0.2) is 30.3 Å². The third-order valence-electron chi connectivity index (χ3n) is 3.42. The van der Waals surface area contributed by atoms with Crippen LogP contribution in [0.5, 0.6) is 0 Å². The number of benzene rings is 2. The smallest absolute Gasteiger partial charge is 0.325 e. The van der Waals surface area contributed by atoms with Gasteiger partial charge in [0, 0.05) is 15.6 Å². The van der Waals surface area contributed by atoms with Crippen LogP contribution in [0.25, 0.3) is 0 Å². The monoisotopic (exact) mass is 406 g/mol. The Bertz CT molecular complexity index is 840. The fourth-order valence-corrected chi connectivity index (χ4v) is 2.95. The molecule has 0 heterocycles. The Labute approximate surface area is 166 Å². The molecule has 2 aromatic rings. The highest BCUT2D eigenvalue weighted by molar-refractivity contribution is 8.00. The number of hydrogen-bond acceptors (Lipinski definition) is 5. The number of anilines is 1. The molecule has 0 atom stereocenters. The molecule has 2 rings (SSSR count). The van der Waals surface area contributed by atoms with E-state index in [0.29, 0.717) is 10.7 Å². The van der Waals surface area contributed by atoms with Gasteiger partial charge in [-0.15, -0.1) is 11.8 Å². The van der Waals surface area contributed by atoms with Gasteiger partial charge in [-0.2, -0.15) is 0 Å². The van der Waals surface area contributed by atoms with Crippen molar-refractivity contribution in [3.8, 4) is 0 Å². The van der Waals surface area contributed by atoms with Crippen molar-refractivity contribution < 1.29 is 19.1 Å². The number of imide groups is 1. The number of esters is 1. The van der Waals surface area contributed by atoms with E-state index >= 15 is 0 Å². The first-order valence-electron chi connectivity index (χ1n) is 8.05. The van der Waals surface area contributed by atoms with E-state index in [4.69, 9.17) is 16.3 Å². The number of amides is 3. The van der Waals surface area contributed by atoms with E-state index in [9.17, 15) is 14.4 Å². The van der Waals surface area contributed by atoms with Crippen LogP contribution < -0.4 is 10.6 Å². The van der Waals surface area contributed by atoms with Gasteiger partial charge < -0.3 is 10.1 Å². The lowest BCUT2D eigenvalue weighted by Gasteiger charge is -2.10. The van der Waals surface area contributed by atoms with E-state index in [1.165, 1.54) is 11.8 Å². The van der Waals surface area contributed by atoms with Crippen LogP contribution in [0.15, 0.2) is 47.4 Å². The predicted molar refractivity (Wildman–Crippen MR) is 106 cm³/mol. The molecule has 0 aliphatic carbocycles. The van der Waals surface area contributed by atoms with E-state index in [2.05, 4.69) is 10.6 Å². The van der Waals surface area contributed by atoms with Gasteiger partial charge in [-0.05, 0) is 49.7 Å². The first kappa shape index (κ1) is 20.8. The molecule has 0 unspecified atom stereocenters. The summed E-state index contributed by atoms with van der Waals surface area (Å²) in [4.78, 5) is 36.1. The minimum atomic E-state index is -0.706. The average molecular weight is 407 g/mol. The summed E-state index contributed by atoms with van der Waals surface area (Å²) in [6.07, 6.45) is 0. The Morgan fingerprint density at radius 2 is 1.78 bits per heavy atom. The summed E-state index contributed by atoms with van der Waals surface area (Å²) < 4.78 is 4.86. The van der Waals surface area contributed by atoms with Crippen molar-refractivity contribution in [1.82, 2.24) is 5.32 Å². The maximum absolute atomic E-state index is 11.8. The molecule has 0 saturated carbocycles. The van der Waals surface area contributed by atoms with Crippen LogP contribution in [0, 0.1) is 13.8 Å². The molecule has 6 nitrogen and oxygen atoms in total. The summed E-state index contributed by atoms with van der Waals surface area (Å²) in [6.45, 7) is 3.27. The summed E-state index contributed by atoms with van der Waals surface area (Å²) in [5.74, 6) is -1.22. The largest absolute Gasteiger partial charge is 0.455 e. The molecule has 0 spiro atoms. The molecular formula is C19H19ClN2O4S. The number of aryl methyl sites for hydroxylation is 2. The van der Waals surface area contributed by atoms with Gasteiger partial charge in [-0.1, -0.05) is 29.3 Å². The Morgan fingerprint density at radius 1 is 1.07 bits per heavy atom. The molecule has 0 fully saturated rings. The fourth-order valence-electron chi connectivity index (χ4n) is 2.13. The molecule has 0 saturated heterocycles. The van der Waals surface area contributed by atoms with Crippen LogP contribution in [-0.2, 0) is 14.3 Å². The number of halogens is 1. The van der Waals surface area contributed by atoms with Gasteiger partial charge in [-0.25, -0.2) is 4.79 Å². The minimum Gasteiger partial charge on any atom is -0.455 e. The second-order valence-corrected chi connectivity index (χ2v) is 7.21. The average Bonchev–Trinajstić information content (AvgIpc) is 2.62. The van der Waals surface area contributed by atoms with Crippen LogP contribution in [0.2, 0.25) is 5.02 Å². The first-order chi connectivity index (χ1) is 12.8. The summed E-state index contributed by atoms with van der Waals surface area (Å²) >= 11 is 7.05. The Hall–Kier alpha value is -2.51. The van der Waals surface area contributed by atoms with Crippen molar-refractivity contribution in [1.29, 1.82) is 0 Å². The lowest BCUT2D eigenvalue weighted by atomic mass is 10.1. The molecule has 142 valence electrons. The summed E-state index contributed by atoms with van der Waals surface area (Å²) in [5.41, 5.74) is 2.54.